The fraction of sp³-hybridized carbons (Fsp3) is 0.882. The van der Waals surface area contributed by atoms with Gasteiger partial charge < -0.3 is 19.4 Å². The maximum absolute atomic E-state index is 12.5. The Morgan fingerprint density at radius 2 is 1.52 bits per heavy atom. The molecular weight excluding hydrogens is 294 g/mol. The molecule has 2 aliphatic heterocycles. The SMILES string of the molecule is CCOC(=O)N1CCN(C(=O)CC2CCN(C3CC3)CC2)CC1. The second-order valence-electron chi connectivity index (χ2n) is 6.98. The highest BCUT2D eigenvalue weighted by atomic mass is 16.6. The van der Waals surface area contributed by atoms with Crippen LogP contribution in [0.25, 0.3) is 0 Å². The highest BCUT2D eigenvalue weighted by Crippen LogP contribution is 2.31. The average Bonchev–Trinajstić information content (AvgIpc) is 3.41. The van der Waals surface area contributed by atoms with Crippen molar-refractivity contribution in [3.8, 4) is 0 Å². The van der Waals surface area contributed by atoms with Crippen molar-refractivity contribution in [2.24, 2.45) is 5.92 Å². The molecule has 2 amide bonds. The second kappa shape index (κ2) is 7.51. The van der Waals surface area contributed by atoms with Gasteiger partial charge in [-0.05, 0) is 51.6 Å². The van der Waals surface area contributed by atoms with Crippen molar-refractivity contribution < 1.29 is 14.3 Å². The Labute approximate surface area is 138 Å². The largest absolute Gasteiger partial charge is 0.450 e. The summed E-state index contributed by atoms with van der Waals surface area (Å²) in [6, 6.07) is 0.850. The van der Waals surface area contributed by atoms with Crippen LogP contribution >= 0.6 is 0 Å². The molecule has 0 spiro atoms. The first-order valence-electron chi connectivity index (χ1n) is 9.11. The van der Waals surface area contributed by atoms with E-state index in [1.807, 2.05) is 11.8 Å². The normalized spacial score (nSPS) is 23.9. The molecule has 130 valence electrons. The van der Waals surface area contributed by atoms with E-state index in [2.05, 4.69) is 4.90 Å². The summed E-state index contributed by atoms with van der Waals surface area (Å²) in [5, 5.41) is 0. The molecule has 3 aliphatic rings. The van der Waals surface area contributed by atoms with Crippen molar-refractivity contribution in [3.05, 3.63) is 0 Å². The molecule has 0 aromatic heterocycles. The Morgan fingerprint density at radius 1 is 0.913 bits per heavy atom. The Balaban J connectivity index is 1.37. The maximum atomic E-state index is 12.5. The van der Waals surface area contributed by atoms with Gasteiger partial charge in [-0.15, -0.1) is 0 Å². The van der Waals surface area contributed by atoms with Crippen molar-refractivity contribution >= 4 is 12.0 Å². The van der Waals surface area contributed by atoms with Gasteiger partial charge in [-0.25, -0.2) is 4.79 Å². The molecule has 0 unspecified atom stereocenters. The predicted octanol–water partition coefficient (Wildman–Crippen LogP) is 1.55. The van der Waals surface area contributed by atoms with Crippen LogP contribution in [0.4, 0.5) is 4.79 Å². The van der Waals surface area contributed by atoms with Crippen LogP contribution in [0.3, 0.4) is 0 Å². The number of rotatable bonds is 4. The molecule has 0 N–H and O–H groups in total. The van der Waals surface area contributed by atoms with Gasteiger partial charge in [0.25, 0.3) is 0 Å². The van der Waals surface area contributed by atoms with Gasteiger partial charge in [-0.3, -0.25) is 4.79 Å². The van der Waals surface area contributed by atoms with Crippen molar-refractivity contribution in [1.29, 1.82) is 0 Å². The number of piperidine rings is 1. The fourth-order valence-corrected chi connectivity index (χ4v) is 3.69. The highest BCUT2D eigenvalue weighted by Gasteiger charge is 2.33. The van der Waals surface area contributed by atoms with Gasteiger partial charge in [0.1, 0.15) is 0 Å². The van der Waals surface area contributed by atoms with Gasteiger partial charge in [-0.2, -0.15) is 0 Å². The molecule has 0 aromatic carbocycles. The van der Waals surface area contributed by atoms with E-state index in [0.29, 0.717) is 45.1 Å². The van der Waals surface area contributed by atoms with Crippen molar-refractivity contribution in [1.82, 2.24) is 14.7 Å². The summed E-state index contributed by atoms with van der Waals surface area (Å²) in [5.41, 5.74) is 0. The number of amides is 2. The molecule has 6 nitrogen and oxygen atoms in total. The van der Waals surface area contributed by atoms with Gasteiger partial charge >= 0.3 is 6.09 Å². The third-order valence-corrected chi connectivity index (χ3v) is 5.33. The quantitative estimate of drug-likeness (QED) is 0.788. The topological polar surface area (TPSA) is 53.1 Å². The van der Waals surface area contributed by atoms with Crippen molar-refractivity contribution in [2.45, 2.75) is 45.1 Å². The monoisotopic (exact) mass is 323 g/mol. The van der Waals surface area contributed by atoms with E-state index in [1.54, 1.807) is 4.90 Å². The van der Waals surface area contributed by atoms with Crippen LogP contribution < -0.4 is 0 Å². The first kappa shape index (κ1) is 16.6. The summed E-state index contributed by atoms with van der Waals surface area (Å²) in [5.74, 6) is 0.805. The molecule has 6 heteroatoms. The zero-order valence-corrected chi connectivity index (χ0v) is 14.2. The lowest BCUT2D eigenvalue weighted by atomic mass is 9.92. The summed E-state index contributed by atoms with van der Waals surface area (Å²) in [7, 11) is 0. The van der Waals surface area contributed by atoms with Crippen LogP contribution in [-0.2, 0) is 9.53 Å². The maximum Gasteiger partial charge on any atom is 0.409 e. The minimum absolute atomic E-state index is 0.257. The van der Waals surface area contributed by atoms with Gasteiger partial charge in [-0.1, -0.05) is 0 Å². The molecule has 1 aliphatic carbocycles. The van der Waals surface area contributed by atoms with Crippen LogP contribution in [0.5, 0.6) is 0 Å². The van der Waals surface area contributed by atoms with Gasteiger partial charge in [0, 0.05) is 38.6 Å². The zero-order valence-electron chi connectivity index (χ0n) is 14.2. The molecule has 3 fully saturated rings. The van der Waals surface area contributed by atoms with Crippen LogP contribution in [0.15, 0.2) is 0 Å². The summed E-state index contributed by atoms with van der Waals surface area (Å²) < 4.78 is 5.01. The Kier molecular flexibility index (Phi) is 5.41. The van der Waals surface area contributed by atoms with E-state index in [-0.39, 0.29) is 12.0 Å². The molecule has 3 rings (SSSR count). The first-order valence-corrected chi connectivity index (χ1v) is 9.11. The van der Waals surface area contributed by atoms with E-state index in [0.717, 1.165) is 18.9 Å². The van der Waals surface area contributed by atoms with Crippen molar-refractivity contribution in [3.63, 3.8) is 0 Å². The van der Waals surface area contributed by atoms with Crippen LogP contribution in [-0.4, -0.2) is 78.6 Å². The van der Waals surface area contributed by atoms with Crippen LogP contribution in [0.2, 0.25) is 0 Å². The smallest absolute Gasteiger partial charge is 0.409 e. The fourth-order valence-electron chi connectivity index (χ4n) is 3.69. The lowest BCUT2D eigenvalue weighted by molar-refractivity contribution is -0.134. The number of piperazine rings is 1. The molecule has 0 radical (unpaired) electrons. The zero-order chi connectivity index (χ0) is 16.2. The number of hydrogen-bond donors (Lipinski definition) is 0. The molecule has 0 atom stereocenters. The third-order valence-electron chi connectivity index (χ3n) is 5.33. The van der Waals surface area contributed by atoms with Crippen LogP contribution in [0.1, 0.15) is 39.0 Å². The molecule has 0 aromatic rings. The molecule has 2 heterocycles. The minimum atomic E-state index is -0.257. The molecule has 2 saturated heterocycles. The number of carbonyl (C=O) groups excluding carboxylic acids is 2. The Morgan fingerprint density at radius 3 is 2.09 bits per heavy atom. The molecular formula is C17H29N3O3. The van der Waals surface area contributed by atoms with E-state index in [9.17, 15) is 9.59 Å². The Bertz CT molecular complexity index is 423. The standard InChI is InChI=1S/C17H29N3O3/c1-2-23-17(22)20-11-9-19(10-12-20)16(21)13-14-5-7-18(8-6-14)15-3-4-15/h14-15H,2-13H2,1H3. The van der Waals surface area contributed by atoms with Crippen molar-refractivity contribution in [2.75, 3.05) is 45.9 Å². The summed E-state index contributed by atoms with van der Waals surface area (Å²) in [6.07, 6.45) is 5.48. The molecule has 1 saturated carbocycles. The number of ether oxygens (including phenoxy) is 1. The molecule has 23 heavy (non-hydrogen) atoms. The number of carbonyl (C=O) groups is 2. The lowest BCUT2D eigenvalue weighted by Crippen LogP contribution is -2.51. The van der Waals surface area contributed by atoms with Gasteiger partial charge in [0.05, 0.1) is 6.61 Å². The van der Waals surface area contributed by atoms with Crippen LogP contribution in [0, 0.1) is 5.92 Å². The molecule has 0 bridgehead atoms. The van der Waals surface area contributed by atoms with Gasteiger partial charge in [0.2, 0.25) is 5.91 Å². The van der Waals surface area contributed by atoms with E-state index in [4.69, 9.17) is 4.74 Å². The minimum Gasteiger partial charge on any atom is -0.450 e. The predicted molar refractivity (Wildman–Crippen MR) is 87.1 cm³/mol. The average molecular weight is 323 g/mol. The highest BCUT2D eigenvalue weighted by molar-refractivity contribution is 5.77. The van der Waals surface area contributed by atoms with E-state index >= 15 is 0 Å². The lowest BCUT2D eigenvalue weighted by Gasteiger charge is -2.36. The van der Waals surface area contributed by atoms with Gasteiger partial charge in [0.15, 0.2) is 0 Å². The van der Waals surface area contributed by atoms with E-state index < -0.39 is 0 Å². The second-order valence-corrected chi connectivity index (χ2v) is 6.98. The first-order chi connectivity index (χ1) is 11.2. The van der Waals surface area contributed by atoms with E-state index in [1.165, 1.54) is 25.9 Å². The third kappa shape index (κ3) is 4.37. The summed E-state index contributed by atoms with van der Waals surface area (Å²) in [4.78, 5) is 30.4. The Hall–Kier alpha value is -1.30. The summed E-state index contributed by atoms with van der Waals surface area (Å²) >= 11 is 0. The number of hydrogen-bond acceptors (Lipinski definition) is 4. The summed E-state index contributed by atoms with van der Waals surface area (Å²) in [6.45, 7) is 6.99. The number of likely N-dealkylation sites (tertiary alicyclic amines) is 1. The number of nitrogens with zero attached hydrogens (tertiary/aromatic N) is 3.